The van der Waals surface area contributed by atoms with Crippen LogP contribution < -0.4 is 14.8 Å². The number of methoxy groups -OCH3 is 2. The summed E-state index contributed by atoms with van der Waals surface area (Å²) in [5.41, 5.74) is 1.36. The summed E-state index contributed by atoms with van der Waals surface area (Å²) in [5.74, 6) is 3.15. The van der Waals surface area contributed by atoms with Gasteiger partial charge >= 0.3 is 0 Å². The zero-order valence-corrected chi connectivity index (χ0v) is 12.2. The SMILES string of the molecule is CCNCC1CCCC1c1cc(OC)cc(OC)c1. The molecule has 3 nitrogen and oxygen atoms in total. The topological polar surface area (TPSA) is 30.5 Å². The molecule has 2 unspecified atom stereocenters. The zero-order valence-electron chi connectivity index (χ0n) is 12.2. The van der Waals surface area contributed by atoms with Crippen molar-refractivity contribution in [1.29, 1.82) is 0 Å². The molecule has 1 aliphatic carbocycles. The first-order chi connectivity index (χ1) is 9.28. The molecular formula is C16H25NO2. The molecule has 1 saturated carbocycles. The summed E-state index contributed by atoms with van der Waals surface area (Å²) in [5, 5.41) is 3.48. The second kappa shape index (κ2) is 6.80. The van der Waals surface area contributed by atoms with E-state index >= 15 is 0 Å². The summed E-state index contributed by atoms with van der Waals surface area (Å²) in [7, 11) is 3.42. The van der Waals surface area contributed by atoms with Crippen LogP contribution in [-0.4, -0.2) is 27.3 Å². The Labute approximate surface area is 116 Å². The normalized spacial score (nSPS) is 22.5. The smallest absolute Gasteiger partial charge is 0.122 e. The summed E-state index contributed by atoms with van der Waals surface area (Å²) >= 11 is 0. The highest BCUT2D eigenvalue weighted by molar-refractivity contribution is 5.40. The number of hydrogen-bond acceptors (Lipinski definition) is 3. The third-order valence-corrected chi connectivity index (χ3v) is 4.12. The minimum absolute atomic E-state index is 0.628. The lowest BCUT2D eigenvalue weighted by molar-refractivity contribution is 0.389. The largest absolute Gasteiger partial charge is 0.497 e. The Morgan fingerprint density at radius 3 is 2.37 bits per heavy atom. The lowest BCUT2D eigenvalue weighted by Gasteiger charge is -2.21. The molecular weight excluding hydrogens is 238 g/mol. The third-order valence-electron chi connectivity index (χ3n) is 4.12. The van der Waals surface area contributed by atoms with Crippen LogP contribution in [0.5, 0.6) is 11.5 Å². The molecule has 0 heterocycles. The molecule has 1 aromatic rings. The second-order valence-corrected chi connectivity index (χ2v) is 5.25. The van der Waals surface area contributed by atoms with Crippen molar-refractivity contribution in [1.82, 2.24) is 5.32 Å². The fraction of sp³-hybridized carbons (Fsp3) is 0.625. The van der Waals surface area contributed by atoms with E-state index in [0.29, 0.717) is 5.92 Å². The average molecular weight is 263 g/mol. The van der Waals surface area contributed by atoms with Crippen LogP contribution in [0.4, 0.5) is 0 Å². The maximum atomic E-state index is 5.38. The molecule has 0 amide bonds. The van der Waals surface area contributed by atoms with Crippen LogP contribution in [0.25, 0.3) is 0 Å². The Hall–Kier alpha value is -1.22. The van der Waals surface area contributed by atoms with Crippen molar-refractivity contribution in [2.45, 2.75) is 32.1 Å². The Balaban J connectivity index is 2.19. The van der Waals surface area contributed by atoms with Gasteiger partial charge in [-0.3, -0.25) is 0 Å². The molecule has 0 aliphatic heterocycles. The number of rotatable bonds is 6. The highest BCUT2D eigenvalue weighted by Gasteiger charge is 2.28. The summed E-state index contributed by atoms with van der Waals surface area (Å²) in [6, 6.07) is 6.27. The van der Waals surface area contributed by atoms with E-state index in [9.17, 15) is 0 Å². The predicted octanol–water partition coefficient (Wildman–Crippen LogP) is 3.20. The van der Waals surface area contributed by atoms with Gasteiger partial charge in [0.15, 0.2) is 0 Å². The van der Waals surface area contributed by atoms with Gasteiger partial charge < -0.3 is 14.8 Å². The summed E-state index contributed by atoms with van der Waals surface area (Å²) < 4.78 is 10.8. The van der Waals surface area contributed by atoms with Crippen LogP contribution in [0.3, 0.4) is 0 Å². The molecule has 0 spiro atoms. The van der Waals surface area contributed by atoms with Gasteiger partial charge in [0.25, 0.3) is 0 Å². The van der Waals surface area contributed by atoms with Crippen LogP contribution >= 0.6 is 0 Å². The molecule has 1 N–H and O–H groups in total. The van der Waals surface area contributed by atoms with Crippen molar-refractivity contribution in [3.8, 4) is 11.5 Å². The van der Waals surface area contributed by atoms with Gasteiger partial charge in [0.2, 0.25) is 0 Å². The maximum Gasteiger partial charge on any atom is 0.122 e. The maximum absolute atomic E-state index is 5.38. The first-order valence-corrected chi connectivity index (χ1v) is 7.22. The van der Waals surface area contributed by atoms with E-state index < -0.39 is 0 Å². The van der Waals surface area contributed by atoms with Crippen LogP contribution in [0, 0.1) is 5.92 Å². The Kier molecular flexibility index (Phi) is 5.08. The Morgan fingerprint density at radius 2 is 1.79 bits per heavy atom. The second-order valence-electron chi connectivity index (χ2n) is 5.25. The molecule has 0 aromatic heterocycles. The summed E-state index contributed by atoms with van der Waals surface area (Å²) in [4.78, 5) is 0. The first-order valence-electron chi connectivity index (χ1n) is 7.22. The quantitative estimate of drug-likeness (QED) is 0.855. The standard InChI is InChI=1S/C16H25NO2/c1-4-17-11-12-6-5-7-16(12)13-8-14(18-2)10-15(9-13)19-3/h8-10,12,16-17H,4-7,11H2,1-3H3. The van der Waals surface area contributed by atoms with Gasteiger partial charge in [0.05, 0.1) is 14.2 Å². The predicted molar refractivity (Wildman–Crippen MR) is 78.2 cm³/mol. The Morgan fingerprint density at radius 1 is 1.11 bits per heavy atom. The van der Waals surface area contributed by atoms with Gasteiger partial charge in [-0.05, 0) is 55.5 Å². The van der Waals surface area contributed by atoms with E-state index in [-0.39, 0.29) is 0 Å². The van der Waals surface area contributed by atoms with E-state index in [1.54, 1.807) is 14.2 Å². The molecule has 1 fully saturated rings. The van der Waals surface area contributed by atoms with Crippen molar-refractivity contribution < 1.29 is 9.47 Å². The van der Waals surface area contributed by atoms with E-state index in [0.717, 1.165) is 30.5 Å². The van der Waals surface area contributed by atoms with E-state index in [1.165, 1.54) is 24.8 Å². The molecule has 1 aromatic carbocycles. The van der Waals surface area contributed by atoms with Gasteiger partial charge in [-0.15, -0.1) is 0 Å². The van der Waals surface area contributed by atoms with Crippen LogP contribution in [0.2, 0.25) is 0 Å². The fourth-order valence-electron chi connectivity index (χ4n) is 3.09. The van der Waals surface area contributed by atoms with Crippen molar-refractivity contribution in [3.05, 3.63) is 23.8 Å². The van der Waals surface area contributed by atoms with E-state index in [4.69, 9.17) is 9.47 Å². The minimum atomic E-state index is 0.628. The van der Waals surface area contributed by atoms with E-state index in [1.807, 2.05) is 6.07 Å². The lowest BCUT2D eigenvalue weighted by atomic mass is 9.88. The van der Waals surface area contributed by atoms with Gasteiger partial charge in [-0.2, -0.15) is 0 Å². The highest BCUT2D eigenvalue weighted by Crippen LogP contribution is 2.41. The monoisotopic (exact) mass is 263 g/mol. The van der Waals surface area contributed by atoms with Gasteiger partial charge in [0.1, 0.15) is 11.5 Å². The fourth-order valence-corrected chi connectivity index (χ4v) is 3.09. The van der Waals surface area contributed by atoms with Crippen molar-refractivity contribution >= 4 is 0 Å². The van der Waals surface area contributed by atoms with Crippen LogP contribution in [-0.2, 0) is 0 Å². The Bertz CT molecular complexity index is 383. The van der Waals surface area contributed by atoms with Crippen LogP contribution in [0.1, 0.15) is 37.7 Å². The van der Waals surface area contributed by atoms with Crippen molar-refractivity contribution in [2.75, 3.05) is 27.3 Å². The van der Waals surface area contributed by atoms with Crippen LogP contribution in [0.15, 0.2) is 18.2 Å². The average Bonchev–Trinajstić information content (AvgIpc) is 2.92. The lowest BCUT2D eigenvalue weighted by Crippen LogP contribution is -2.24. The van der Waals surface area contributed by atoms with Crippen molar-refractivity contribution in [3.63, 3.8) is 0 Å². The molecule has 106 valence electrons. The summed E-state index contributed by atoms with van der Waals surface area (Å²) in [6.07, 6.45) is 3.91. The van der Waals surface area contributed by atoms with Gasteiger partial charge in [-0.1, -0.05) is 13.3 Å². The summed E-state index contributed by atoms with van der Waals surface area (Å²) in [6.45, 7) is 4.32. The zero-order chi connectivity index (χ0) is 13.7. The van der Waals surface area contributed by atoms with Gasteiger partial charge in [0, 0.05) is 6.07 Å². The molecule has 0 bridgehead atoms. The molecule has 2 rings (SSSR count). The number of hydrogen-bond donors (Lipinski definition) is 1. The van der Waals surface area contributed by atoms with E-state index in [2.05, 4.69) is 24.4 Å². The number of benzene rings is 1. The van der Waals surface area contributed by atoms with Crippen molar-refractivity contribution in [2.24, 2.45) is 5.92 Å². The molecule has 1 aliphatic rings. The third kappa shape index (κ3) is 3.41. The molecule has 2 atom stereocenters. The molecule has 19 heavy (non-hydrogen) atoms. The molecule has 3 heteroatoms. The minimum Gasteiger partial charge on any atom is -0.497 e. The highest BCUT2D eigenvalue weighted by atomic mass is 16.5. The number of ether oxygens (including phenoxy) is 2. The first kappa shape index (κ1) is 14.2. The number of nitrogens with one attached hydrogen (secondary N) is 1. The molecule has 0 saturated heterocycles. The van der Waals surface area contributed by atoms with Gasteiger partial charge in [-0.25, -0.2) is 0 Å². The molecule has 0 radical (unpaired) electrons.